The van der Waals surface area contributed by atoms with Gasteiger partial charge in [0.25, 0.3) is 0 Å². The molecule has 0 saturated heterocycles. The van der Waals surface area contributed by atoms with Crippen molar-refractivity contribution < 1.29 is 9.90 Å². The number of carbonyl (C=O) groups excluding carboxylic acids is 1. The van der Waals surface area contributed by atoms with Crippen molar-refractivity contribution >= 4 is 27.6 Å². The van der Waals surface area contributed by atoms with E-state index in [0.29, 0.717) is 13.0 Å². The zero-order valence-corrected chi connectivity index (χ0v) is 10.7. The molecule has 0 spiro atoms. The molecule has 88 valence electrons. The van der Waals surface area contributed by atoms with E-state index in [0.717, 1.165) is 15.7 Å². The molecule has 0 aliphatic heterocycles. The van der Waals surface area contributed by atoms with Crippen LogP contribution in [0.15, 0.2) is 22.7 Å². The van der Waals surface area contributed by atoms with E-state index in [1.54, 1.807) is 0 Å². The van der Waals surface area contributed by atoms with Gasteiger partial charge in [-0.1, -0.05) is 22.0 Å². The average Bonchev–Trinajstić information content (AvgIpc) is 2.25. The second kappa shape index (κ2) is 6.50. The molecule has 0 saturated carbocycles. The summed E-state index contributed by atoms with van der Waals surface area (Å²) in [6.45, 7) is 2.47. The van der Waals surface area contributed by atoms with Gasteiger partial charge in [0.2, 0.25) is 0 Å². The van der Waals surface area contributed by atoms with Crippen LogP contribution in [0.25, 0.3) is 0 Å². The van der Waals surface area contributed by atoms with Gasteiger partial charge in [-0.15, -0.1) is 0 Å². The maximum Gasteiger partial charge on any atom is 0.319 e. The van der Waals surface area contributed by atoms with Gasteiger partial charge in [0, 0.05) is 23.3 Å². The Labute approximate surface area is 103 Å². The summed E-state index contributed by atoms with van der Waals surface area (Å²) in [5.74, 6) is 0. The van der Waals surface area contributed by atoms with Crippen LogP contribution in [0.1, 0.15) is 12.0 Å². The topological polar surface area (TPSA) is 61.4 Å². The number of nitrogens with one attached hydrogen (secondary N) is 2. The molecule has 0 unspecified atom stereocenters. The molecular weight excluding hydrogens is 272 g/mol. The van der Waals surface area contributed by atoms with Crippen LogP contribution in [0, 0.1) is 6.92 Å². The highest BCUT2D eigenvalue weighted by molar-refractivity contribution is 9.10. The first-order valence-corrected chi connectivity index (χ1v) is 5.85. The number of hydrogen-bond acceptors (Lipinski definition) is 2. The predicted octanol–water partition coefficient (Wildman–Crippen LogP) is 2.26. The van der Waals surface area contributed by atoms with Gasteiger partial charge in [0.15, 0.2) is 0 Å². The summed E-state index contributed by atoms with van der Waals surface area (Å²) in [6, 6.07) is 5.37. The quantitative estimate of drug-likeness (QED) is 0.744. The zero-order valence-electron chi connectivity index (χ0n) is 9.09. The number of aliphatic hydroxyl groups is 1. The van der Waals surface area contributed by atoms with Gasteiger partial charge >= 0.3 is 6.03 Å². The number of halogens is 1. The van der Waals surface area contributed by atoms with E-state index in [1.165, 1.54) is 0 Å². The van der Waals surface area contributed by atoms with Crippen LogP contribution in [0.4, 0.5) is 10.5 Å². The van der Waals surface area contributed by atoms with E-state index in [2.05, 4.69) is 26.6 Å². The second-order valence-corrected chi connectivity index (χ2v) is 4.22. The molecule has 1 rings (SSSR count). The lowest BCUT2D eigenvalue weighted by molar-refractivity contribution is 0.249. The highest BCUT2D eigenvalue weighted by Gasteiger charge is 2.05. The van der Waals surface area contributed by atoms with Crippen molar-refractivity contribution in [2.75, 3.05) is 18.5 Å². The number of carbonyl (C=O) groups is 1. The molecule has 0 radical (unpaired) electrons. The Morgan fingerprint density at radius 1 is 1.50 bits per heavy atom. The van der Waals surface area contributed by atoms with E-state index in [9.17, 15) is 4.79 Å². The summed E-state index contributed by atoms with van der Waals surface area (Å²) < 4.78 is 0.959. The largest absolute Gasteiger partial charge is 0.396 e. The third kappa shape index (κ3) is 3.83. The first-order chi connectivity index (χ1) is 7.65. The van der Waals surface area contributed by atoms with Gasteiger partial charge in [-0.2, -0.15) is 0 Å². The minimum Gasteiger partial charge on any atom is -0.396 e. The molecule has 0 bridgehead atoms. The van der Waals surface area contributed by atoms with Crippen molar-refractivity contribution in [3.8, 4) is 0 Å². The Balaban J connectivity index is 2.53. The van der Waals surface area contributed by atoms with Gasteiger partial charge in [-0.25, -0.2) is 4.79 Å². The summed E-state index contributed by atoms with van der Waals surface area (Å²) in [5.41, 5.74) is 1.76. The normalized spacial score (nSPS) is 9.94. The summed E-state index contributed by atoms with van der Waals surface area (Å²) in [4.78, 5) is 11.4. The van der Waals surface area contributed by atoms with Crippen molar-refractivity contribution in [1.29, 1.82) is 0 Å². The zero-order chi connectivity index (χ0) is 12.0. The smallest absolute Gasteiger partial charge is 0.319 e. The third-order valence-electron chi connectivity index (χ3n) is 2.14. The SMILES string of the molecule is Cc1c(Br)cccc1NC(=O)NCCCO. The van der Waals surface area contributed by atoms with E-state index in [1.807, 2.05) is 25.1 Å². The molecule has 3 N–H and O–H groups in total. The average molecular weight is 287 g/mol. The molecule has 16 heavy (non-hydrogen) atoms. The monoisotopic (exact) mass is 286 g/mol. The van der Waals surface area contributed by atoms with E-state index in [4.69, 9.17) is 5.11 Å². The maximum absolute atomic E-state index is 11.4. The lowest BCUT2D eigenvalue weighted by Gasteiger charge is -2.10. The Kier molecular flexibility index (Phi) is 5.28. The van der Waals surface area contributed by atoms with Crippen LogP contribution in [0.5, 0.6) is 0 Å². The van der Waals surface area contributed by atoms with Crippen LogP contribution in [0.3, 0.4) is 0 Å². The predicted molar refractivity (Wildman–Crippen MR) is 67.6 cm³/mol. The van der Waals surface area contributed by atoms with Crippen molar-refractivity contribution in [1.82, 2.24) is 5.32 Å². The van der Waals surface area contributed by atoms with E-state index in [-0.39, 0.29) is 12.6 Å². The fourth-order valence-corrected chi connectivity index (χ4v) is 1.56. The van der Waals surface area contributed by atoms with Gasteiger partial charge in [-0.05, 0) is 31.0 Å². The molecule has 0 aliphatic rings. The molecule has 1 aromatic rings. The minimum absolute atomic E-state index is 0.0796. The number of rotatable bonds is 4. The lowest BCUT2D eigenvalue weighted by Crippen LogP contribution is -2.30. The van der Waals surface area contributed by atoms with Crippen molar-refractivity contribution in [3.63, 3.8) is 0 Å². The summed E-state index contributed by atoms with van der Waals surface area (Å²) in [7, 11) is 0. The fraction of sp³-hybridized carbons (Fsp3) is 0.364. The number of anilines is 1. The maximum atomic E-state index is 11.4. The lowest BCUT2D eigenvalue weighted by atomic mass is 10.2. The van der Waals surface area contributed by atoms with Crippen molar-refractivity contribution in [2.24, 2.45) is 0 Å². The van der Waals surface area contributed by atoms with Gasteiger partial charge in [0.05, 0.1) is 0 Å². The first-order valence-electron chi connectivity index (χ1n) is 5.06. The van der Waals surface area contributed by atoms with Crippen LogP contribution < -0.4 is 10.6 Å². The van der Waals surface area contributed by atoms with Crippen LogP contribution in [0.2, 0.25) is 0 Å². The Bertz CT molecular complexity index is 369. The Hall–Kier alpha value is -1.07. The van der Waals surface area contributed by atoms with Gasteiger partial charge < -0.3 is 15.7 Å². The molecule has 0 atom stereocenters. The third-order valence-corrected chi connectivity index (χ3v) is 3.00. The minimum atomic E-state index is -0.255. The molecule has 5 heteroatoms. The molecule has 1 aromatic carbocycles. The number of aliphatic hydroxyl groups excluding tert-OH is 1. The van der Waals surface area contributed by atoms with Gasteiger partial charge in [-0.3, -0.25) is 0 Å². The highest BCUT2D eigenvalue weighted by atomic mass is 79.9. The number of urea groups is 1. The molecule has 0 aromatic heterocycles. The Morgan fingerprint density at radius 2 is 2.25 bits per heavy atom. The molecule has 0 fully saturated rings. The molecule has 0 aliphatic carbocycles. The number of hydrogen-bond donors (Lipinski definition) is 3. The first kappa shape index (κ1) is 13.0. The summed E-state index contributed by atoms with van der Waals surface area (Å²) in [5, 5.41) is 14.0. The van der Waals surface area contributed by atoms with E-state index < -0.39 is 0 Å². The van der Waals surface area contributed by atoms with E-state index >= 15 is 0 Å². The number of benzene rings is 1. The molecular formula is C11H15BrN2O2. The van der Waals surface area contributed by atoms with Crippen LogP contribution in [-0.2, 0) is 0 Å². The summed E-state index contributed by atoms with van der Waals surface area (Å²) in [6.07, 6.45) is 0.560. The second-order valence-electron chi connectivity index (χ2n) is 3.37. The van der Waals surface area contributed by atoms with Crippen molar-refractivity contribution in [3.05, 3.63) is 28.2 Å². The standard InChI is InChI=1S/C11H15BrN2O2/c1-8-9(12)4-2-5-10(8)14-11(16)13-6-3-7-15/h2,4-5,15H,3,6-7H2,1H3,(H2,13,14,16). The van der Waals surface area contributed by atoms with Gasteiger partial charge in [0.1, 0.15) is 0 Å². The molecule has 4 nitrogen and oxygen atoms in total. The molecule has 2 amide bonds. The number of amides is 2. The Morgan fingerprint density at radius 3 is 2.94 bits per heavy atom. The fourth-order valence-electron chi connectivity index (χ4n) is 1.19. The summed E-state index contributed by atoms with van der Waals surface area (Å²) >= 11 is 3.40. The molecule has 0 heterocycles. The van der Waals surface area contributed by atoms with Crippen molar-refractivity contribution in [2.45, 2.75) is 13.3 Å². The highest BCUT2D eigenvalue weighted by Crippen LogP contribution is 2.23. The van der Waals surface area contributed by atoms with Crippen LogP contribution in [-0.4, -0.2) is 24.3 Å². The van der Waals surface area contributed by atoms with Crippen LogP contribution >= 0.6 is 15.9 Å².